The van der Waals surface area contributed by atoms with E-state index in [1.807, 2.05) is 7.05 Å². The van der Waals surface area contributed by atoms with E-state index in [2.05, 4.69) is 29.4 Å². The molecule has 2 N–H and O–H groups in total. The molecule has 0 bridgehead atoms. The molecular formula is C21H36N2O4P+. The van der Waals surface area contributed by atoms with Crippen LogP contribution in [0.25, 0.3) is 0 Å². The van der Waals surface area contributed by atoms with Gasteiger partial charge in [0.2, 0.25) is 0 Å². The summed E-state index contributed by atoms with van der Waals surface area (Å²) < 4.78 is 12.5. The molecule has 7 heteroatoms. The van der Waals surface area contributed by atoms with Crippen LogP contribution in [0.2, 0.25) is 0 Å². The maximum atomic E-state index is 10.8. The fraction of sp³-hybridized carbons (Fsp3) is 0.667. The van der Waals surface area contributed by atoms with E-state index >= 15 is 0 Å². The molecule has 0 aliphatic rings. The number of rotatable bonds is 16. The second kappa shape index (κ2) is 14.6. The van der Waals surface area contributed by atoms with Gasteiger partial charge >= 0.3 is 7.60 Å². The summed E-state index contributed by atoms with van der Waals surface area (Å²) >= 11 is 0. The molecule has 0 aliphatic heterocycles. The Morgan fingerprint density at radius 3 is 1.93 bits per heavy atom. The van der Waals surface area contributed by atoms with Gasteiger partial charge in [0.1, 0.15) is 0 Å². The topological polar surface area (TPSA) is 90.0 Å². The molecule has 0 radical (unpaired) electrons. The van der Waals surface area contributed by atoms with Crippen LogP contribution in [0.1, 0.15) is 68.9 Å². The number of amides is 1. The monoisotopic (exact) mass is 411 g/mol. The highest BCUT2D eigenvalue weighted by Crippen LogP contribution is 2.35. The maximum Gasteiger partial charge on any atom is 0.325 e. The van der Waals surface area contributed by atoms with Crippen LogP contribution in [0.4, 0.5) is 0 Å². The highest BCUT2D eigenvalue weighted by Gasteiger charge is 2.11. The van der Waals surface area contributed by atoms with Crippen LogP contribution in [0.15, 0.2) is 29.4 Å². The number of hydrogen-bond donors (Lipinski definition) is 2. The van der Waals surface area contributed by atoms with Gasteiger partial charge in [-0.15, -0.1) is 4.70 Å². The zero-order valence-electron chi connectivity index (χ0n) is 17.1. The van der Waals surface area contributed by atoms with Gasteiger partial charge in [-0.3, -0.25) is 9.36 Å². The number of carbonyl (C=O) groups is 1. The SMILES string of the molecule is C[N+](CCCCc1ccccc1CCCCCCCCCP(=O)(O)O)=NC=O. The fourth-order valence-corrected chi connectivity index (χ4v) is 3.99. The van der Waals surface area contributed by atoms with Crippen molar-refractivity contribution in [2.24, 2.45) is 5.11 Å². The van der Waals surface area contributed by atoms with E-state index in [4.69, 9.17) is 9.79 Å². The molecule has 158 valence electrons. The summed E-state index contributed by atoms with van der Waals surface area (Å²) in [6, 6.07) is 8.65. The van der Waals surface area contributed by atoms with Crippen molar-refractivity contribution in [1.82, 2.24) is 0 Å². The van der Waals surface area contributed by atoms with Crippen LogP contribution in [-0.4, -0.2) is 40.6 Å². The van der Waals surface area contributed by atoms with Crippen molar-refractivity contribution in [3.8, 4) is 0 Å². The number of hydrogen-bond acceptors (Lipinski definition) is 2. The van der Waals surface area contributed by atoms with Gasteiger partial charge in [-0.1, -0.05) is 56.4 Å². The Hall–Kier alpha value is -1.36. The van der Waals surface area contributed by atoms with Crippen molar-refractivity contribution >= 4 is 14.0 Å². The number of nitrogens with zero attached hydrogens (tertiary/aromatic N) is 2. The van der Waals surface area contributed by atoms with Gasteiger partial charge in [-0.05, 0) is 43.2 Å². The van der Waals surface area contributed by atoms with Crippen molar-refractivity contribution in [2.45, 2.75) is 70.6 Å². The highest BCUT2D eigenvalue weighted by molar-refractivity contribution is 7.51. The number of aryl methyl sites for hydroxylation is 2. The van der Waals surface area contributed by atoms with Crippen LogP contribution in [-0.2, 0) is 22.2 Å². The normalized spacial score (nSPS) is 12.3. The molecule has 0 saturated heterocycles. The first-order valence-corrected chi connectivity index (χ1v) is 12.2. The van der Waals surface area contributed by atoms with Gasteiger partial charge in [0.15, 0.2) is 13.6 Å². The van der Waals surface area contributed by atoms with E-state index in [1.165, 1.54) is 30.4 Å². The average Bonchev–Trinajstić information content (AvgIpc) is 2.64. The molecule has 0 atom stereocenters. The summed E-state index contributed by atoms with van der Waals surface area (Å²) in [6.07, 6.45) is 12.2. The van der Waals surface area contributed by atoms with Crippen LogP contribution >= 0.6 is 7.60 Å². The molecule has 0 fully saturated rings. The molecule has 1 aromatic carbocycles. The van der Waals surface area contributed by atoms with Crippen LogP contribution in [0.3, 0.4) is 0 Å². The lowest BCUT2D eigenvalue weighted by molar-refractivity contribution is -0.561. The predicted octanol–water partition coefficient (Wildman–Crippen LogP) is 4.71. The molecule has 0 aromatic heterocycles. The highest BCUT2D eigenvalue weighted by atomic mass is 31.2. The second-order valence-electron chi connectivity index (χ2n) is 7.44. The minimum atomic E-state index is -3.81. The molecule has 1 rings (SSSR count). The summed E-state index contributed by atoms with van der Waals surface area (Å²) in [4.78, 5) is 28.0. The zero-order valence-corrected chi connectivity index (χ0v) is 18.0. The van der Waals surface area contributed by atoms with Gasteiger partial charge in [0, 0.05) is 17.7 Å². The Balaban J connectivity index is 2.17. The quantitative estimate of drug-likeness (QED) is 0.135. The molecule has 6 nitrogen and oxygen atoms in total. The van der Waals surface area contributed by atoms with Gasteiger partial charge in [0.05, 0.1) is 0 Å². The summed E-state index contributed by atoms with van der Waals surface area (Å²) in [6.45, 7) is 0.801. The maximum absolute atomic E-state index is 10.8. The molecule has 0 unspecified atom stereocenters. The fourth-order valence-electron chi connectivity index (χ4n) is 3.36. The lowest BCUT2D eigenvalue weighted by Gasteiger charge is -2.09. The Kier molecular flexibility index (Phi) is 12.9. The average molecular weight is 412 g/mol. The minimum Gasteiger partial charge on any atom is -0.324 e. The van der Waals surface area contributed by atoms with Crippen LogP contribution < -0.4 is 0 Å². The second-order valence-corrected chi connectivity index (χ2v) is 9.22. The lowest BCUT2D eigenvalue weighted by atomic mass is 9.97. The van der Waals surface area contributed by atoms with Crippen molar-refractivity contribution in [3.05, 3.63) is 35.4 Å². The Morgan fingerprint density at radius 2 is 1.39 bits per heavy atom. The zero-order chi connectivity index (χ0) is 20.7. The molecule has 1 amide bonds. The van der Waals surface area contributed by atoms with E-state index in [-0.39, 0.29) is 6.16 Å². The minimum absolute atomic E-state index is 0.0198. The summed E-state index contributed by atoms with van der Waals surface area (Å²) in [5.41, 5.74) is 2.87. The van der Waals surface area contributed by atoms with Gasteiger partial charge in [0.25, 0.3) is 6.41 Å². The third-order valence-corrected chi connectivity index (χ3v) is 5.83. The third-order valence-electron chi connectivity index (χ3n) is 4.94. The summed E-state index contributed by atoms with van der Waals surface area (Å²) in [5, 5.41) is 3.70. The van der Waals surface area contributed by atoms with Gasteiger partial charge < -0.3 is 9.79 Å². The van der Waals surface area contributed by atoms with E-state index < -0.39 is 7.60 Å². The molecule has 0 heterocycles. The van der Waals surface area contributed by atoms with E-state index in [9.17, 15) is 9.36 Å². The largest absolute Gasteiger partial charge is 0.325 e. The third kappa shape index (κ3) is 12.9. The standard InChI is InChI=1S/C21H35N2O4P/c1-23(22-19-24)17-11-10-16-21-15-9-8-14-20(21)13-7-5-3-2-4-6-12-18-28(25,26)27/h8-9,14-15,19H,2-7,10-13,16-18H2,1H3,(H-,25,26,27)/p+1. The molecule has 0 aliphatic carbocycles. The number of unbranched alkanes of at least 4 members (excludes halogenated alkanes) is 7. The van der Waals surface area contributed by atoms with Crippen molar-refractivity contribution in [2.75, 3.05) is 19.8 Å². The van der Waals surface area contributed by atoms with E-state index in [0.29, 0.717) is 12.8 Å². The van der Waals surface area contributed by atoms with Crippen LogP contribution in [0.5, 0.6) is 0 Å². The lowest BCUT2D eigenvalue weighted by Crippen LogP contribution is -2.05. The molecule has 28 heavy (non-hydrogen) atoms. The smallest absolute Gasteiger partial charge is 0.324 e. The van der Waals surface area contributed by atoms with Crippen molar-refractivity contribution in [1.29, 1.82) is 0 Å². The summed E-state index contributed by atoms with van der Waals surface area (Å²) in [7, 11) is -1.99. The first-order chi connectivity index (χ1) is 13.4. The summed E-state index contributed by atoms with van der Waals surface area (Å²) in [5.74, 6) is 0. The van der Waals surface area contributed by atoms with Gasteiger partial charge in [-0.25, -0.2) is 0 Å². The van der Waals surface area contributed by atoms with Crippen molar-refractivity contribution in [3.63, 3.8) is 0 Å². The Labute approximate surface area is 169 Å². The Bertz CT molecular complexity index is 643. The Morgan fingerprint density at radius 1 is 0.893 bits per heavy atom. The first kappa shape index (κ1) is 24.7. The first-order valence-electron chi connectivity index (χ1n) is 10.4. The van der Waals surface area contributed by atoms with Gasteiger partial charge in [-0.2, -0.15) is 0 Å². The number of azo groups is 2. The molecule has 1 aromatic rings. The van der Waals surface area contributed by atoms with Crippen molar-refractivity contribution < 1.29 is 23.8 Å². The molecular weight excluding hydrogens is 375 g/mol. The predicted molar refractivity (Wildman–Crippen MR) is 112 cm³/mol. The van der Waals surface area contributed by atoms with E-state index in [1.54, 1.807) is 4.70 Å². The van der Waals surface area contributed by atoms with E-state index in [0.717, 1.165) is 51.5 Å². The van der Waals surface area contributed by atoms with Crippen LogP contribution in [0, 0.1) is 0 Å². The molecule has 0 saturated carbocycles. The number of carbonyl (C=O) groups excluding carboxylic acids is 1. The number of benzene rings is 1. The molecule has 0 spiro atoms.